The number of benzene rings is 3. The Labute approximate surface area is 367 Å². The van der Waals surface area contributed by atoms with Gasteiger partial charge < -0.3 is 24.7 Å². The van der Waals surface area contributed by atoms with Gasteiger partial charge >= 0.3 is 0 Å². The number of nitro groups is 1. The Hall–Kier alpha value is -5.51. The van der Waals surface area contributed by atoms with Gasteiger partial charge in [-0.3, -0.25) is 19.8 Å². The molecule has 1 amide bonds. The van der Waals surface area contributed by atoms with Crippen molar-refractivity contribution in [2.75, 3.05) is 49.6 Å². The van der Waals surface area contributed by atoms with Crippen LogP contribution in [0.25, 0.3) is 11.0 Å². The number of likely N-dealkylation sites (tertiary alicyclic amines) is 1. The fourth-order valence-corrected chi connectivity index (χ4v) is 11.5. The van der Waals surface area contributed by atoms with E-state index in [1.807, 2.05) is 12.1 Å². The van der Waals surface area contributed by atoms with E-state index in [1.54, 1.807) is 41.7 Å². The van der Waals surface area contributed by atoms with Gasteiger partial charge in [-0.15, -0.1) is 0 Å². The Bertz CT molecular complexity index is 2590. The summed E-state index contributed by atoms with van der Waals surface area (Å²) in [5, 5.41) is 16.0. The summed E-state index contributed by atoms with van der Waals surface area (Å²) in [6.07, 6.45) is 14.9. The van der Waals surface area contributed by atoms with E-state index in [2.05, 4.69) is 54.1 Å². The second-order valence-electron chi connectivity index (χ2n) is 18.2. The number of nitro benzene ring substituents is 1. The molecule has 2 saturated carbocycles. The summed E-state index contributed by atoms with van der Waals surface area (Å²) in [5.74, 6) is 2.06. The van der Waals surface area contributed by atoms with Gasteiger partial charge in [0.2, 0.25) is 0 Å². The molecule has 14 nitrogen and oxygen atoms in total. The van der Waals surface area contributed by atoms with Crippen LogP contribution < -0.4 is 19.7 Å². The maximum Gasteiger partial charge on any atom is 0.293 e. The number of ether oxygens (including phenoxy) is 2. The third-order valence-corrected chi connectivity index (χ3v) is 15.6. The highest BCUT2D eigenvalue weighted by molar-refractivity contribution is 7.90. The number of pyridine rings is 1. The maximum atomic E-state index is 13.9. The fraction of sp³-hybridized carbons (Fsp3) is 0.458. The SMILES string of the molecule is O=C(NS(=O)(=O)c1ccc(NCC2CCOCC2)c([N+](=O)[O-])c1)c1ccc(N2CCC(C3CC(N4CCC[C@H]4c4ccccc4C4CC4)C3)CC2)cc1Oc1cnc2[nH]ccc2c1. The van der Waals surface area contributed by atoms with Crippen LogP contribution in [0.3, 0.4) is 0 Å². The Morgan fingerprint density at radius 1 is 0.905 bits per heavy atom. The van der Waals surface area contributed by atoms with Gasteiger partial charge in [0.05, 0.1) is 21.6 Å². The highest BCUT2D eigenvalue weighted by atomic mass is 32.2. The number of carbonyl (C=O) groups is 1. The predicted molar refractivity (Wildman–Crippen MR) is 241 cm³/mol. The molecule has 5 aromatic rings. The largest absolute Gasteiger partial charge is 0.455 e. The van der Waals surface area contributed by atoms with E-state index in [4.69, 9.17) is 9.47 Å². The molecule has 0 radical (unpaired) electrons. The molecule has 2 aromatic heterocycles. The molecule has 2 aliphatic carbocycles. The van der Waals surface area contributed by atoms with Gasteiger partial charge in [-0.2, -0.15) is 0 Å². The summed E-state index contributed by atoms with van der Waals surface area (Å²) in [7, 11) is -4.53. The third-order valence-electron chi connectivity index (χ3n) is 14.3. The van der Waals surface area contributed by atoms with Gasteiger partial charge in [-0.05, 0) is 142 Å². The van der Waals surface area contributed by atoms with Crippen molar-refractivity contribution < 1.29 is 27.6 Å². The molecular weight excluding hydrogens is 819 g/mol. The molecule has 0 unspecified atom stereocenters. The molecule has 3 N–H and O–H groups in total. The van der Waals surface area contributed by atoms with Crippen LogP contribution in [0.15, 0.2) is 90.1 Å². The minimum Gasteiger partial charge on any atom is -0.455 e. The maximum absolute atomic E-state index is 13.9. The molecule has 5 heterocycles. The van der Waals surface area contributed by atoms with Gasteiger partial charge in [-0.1, -0.05) is 24.3 Å². The molecule has 3 saturated heterocycles. The first-order valence-electron chi connectivity index (χ1n) is 22.7. The number of hydrogen-bond acceptors (Lipinski definition) is 11. The molecule has 1 atom stereocenters. The lowest BCUT2D eigenvalue weighted by Crippen LogP contribution is -2.48. The molecule has 10 rings (SSSR count). The van der Waals surface area contributed by atoms with Crippen molar-refractivity contribution >= 4 is 44.0 Å². The number of hydrogen-bond donors (Lipinski definition) is 3. The standard InChI is InChI=1S/C48H55N7O7S/c56-48(52-63(59,60)39-10-12-43(45(28-39)55(57)58)50-29-31-16-22-61-23-17-31)42-11-9-36(27-46(42)62-38-26-34-13-18-49-47(34)51-30-38)53-20-14-32(15-21-53)35-24-37(25-35)54-19-3-6-44(54)41-5-2-1-4-40(41)33-7-8-33/h1-2,4-5,9-13,18,26-28,30-33,35,37,44,50H,3,6-8,14-17,19-25,29H2,(H,49,51)(H,52,56)/t35?,37?,44-/m0/s1. The molecule has 15 heteroatoms. The van der Waals surface area contributed by atoms with Gasteiger partial charge in [0, 0.05) is 74.3 Å². The molecular formula is C48H55N7O7S. The Balaban J connectivity index is 0.819. The van der Waals surface area contributed by atoms with E-state index >= 15 is 0 Å². The van der Waals surface area contributed by atoms with E-state index < -0.39 is 31.4 Å². The van der Waals surface area contributed by atoms with Crippen LogP contribution >= 0.6 is 0 Å². The topological polar surface area (TPSA) is 172 Å². The van der Waals surface area contributed by atoms with Crippen molar-refractivity contribution in [1.29, 1.82) is 0 Å². The number of nitrogens with zero attached hydrogens (tertiary/aromatic N) is 4. The van der Waals surface area contributed by atoms with Gasteiger partial charge in [0.15, 0.2) is 0 Å². The minimum atomic E-state index is -4.53. The lowest BCUT2D eigenvalue weighted by Gasteiger charge is -2.49. The van der Waals surface area contributed by atoms with Crippen LogP contribution in [0, 0.1) is 27.9 Å². The number of sulfonamides is 1. The highest BCUT2D eigenvalue weighted by Crippen LogP contribution is 2.50. The fourth-order valence-electron chi connectivity index (χ4n) is 10.6. The first kappa shape index (κ1) is 41.5. The second-order valence-corrected chi connectivity index (χ2v) is 19.9. The predicted octanol–water partition coefficient (Wildman–Crippen LogP) is 8.93. The summed E-state index contributed by atoms with van der Waals surface area (Å²) < 4.78 is 41.3. The number of aromatic nitrogens is 2. The van der Waals surface area contributed by atoms with Crippen molar-refractivity contribution in [2.45, 2.75) is 87.1 Å². The highest BCUT2D eigenvalue weighted by Gasteiger charge is 2.44. The zero-order valence-corrected chi connectivity index (χ0v) is 36.2. The number of nitrogens with one attached hydrogen (secondary N) is 3. The first-order chi connectivity index (χ1) is 30.7. The van der Waals surface area contributed by atoms with Crippen LogP contribution in [0.2, 0.25) is 0 Å². The molecule has 63 heavy (non-hydrogen) atoms. The average molecular weight is 874 g/mol. The van der Waals surface area contributed by atoms with E-state index in [1.165, 1.54) is 57.2 Å². The van der Waals surface area contributed by atoms with E-state index in [0.717, 1.165) is 67.7 Å². The minimum absolute atomic E-state index is 0.00361. The number of anilines is 2. The zero-order valence-electron chi connectivity index (χ0n) is 35.4. The van der Waals surface area contributed by atoms with Crippen LogP contribution in [0.1, 0.15) is 97.7 Å². The lowest BCUT2D eigenvalue weighted by molar-refractivity contribution is -0.384. The third kappa shape index (κ3) is 8.87. The molecule has 5 aliphatic rings. The Morgan fingerprint density at radius 2 is 1.70 bits per heavy atom. The second kappa shape index (κ2) is 17.6. The summed E-state index contributed by atoms with van der Waals surface area (Å²) >= 11 is 0. The van der Waals surface area contributed by atoms with Crippen molar-refractivity contribution in [3.63, 3.8) is 0 Å². The lowest BCUT2D eigenvalue weighted by atomic mass is 9.68. The molecule has 330 valence electrons. The Morgan fingerprint density at radius 3 is 2.48 bits per heavy atom. The molecule has 3 aliphatic heterocycles. The number of H-pyrrole nitrogens is 1. The molecule has 0 bridgehead atoms. The van der Waals surface area contributed by atoms with Crippen molar-refractivity contribution in [3.05, 3.63) is 112 Å². The Kier molecular flexibility index (Phi) is 11.6. The molecule has 3 aromatic carbocycles. The van der Waals surface area contributed by atoms with Gasteiger partial charge in [-0.25, -0.2) is 18.1 Å². The van der Waals surface area contributed by atoms with Crippen LogP contribution in [-0.2, 0) is 14.8 Å². The van der Waals surface area contributed by atoms with Gasteiger partial charge in [0.25, 0.3) is 21.6 Å². The summed E-state index contributed by atoms with van der Waals surface area (Å²) in [5.41, 5.74) is 4.53. The monoisotopic (exact) mass is 873 g/mol. The van der Waals surface area contributed by atoms with E-state index in [-0.39, 0.29) is 22.9 Å². The van der Waals surface area contributed by atoms with Gasteiger partial charge in [0.1, 0.15) is 22.8 Å². The first-order valence-corrected chi connectivity index (χ1v) is 24.2. The van der Waals surface area contributed by atoms with Crippen LogP contribution in [0.5, 0.6) is 11.5 Å². The number of carbonyl (C=O) groups excluding carboxylic acids is 1. The van der Waals surface area contributed by atoms with Crippen LogP contribution in [-0.4, -0.2) is 79.6 Å². The zero-order chi connectivity index (χ0) is 43.1. The number of fused-ring (bicyclic) bond motifs is 1. The summed E-state index contributed by atoms with van der Waals surface area (Å²) in [6, 6.07) is 22.9. The summed E-state index contributed by atoms with van der Waals surface area (Å²) in [4.78, 5) is 37.6. The average Bonchev–Trinajstić information content (AvgIpc) is 3.83. The van der Waals surface area contributed by atoms with E-state index in [0.29, 0.717) is 49.2 Å². The smallest absolute Gasteiger partial charge is 0.293 e. The van der Waals surface area contributed by atoms with E-state index in [9.17, 15) is 23.3 Å². The van der Waals surface area contributed by atoms with Crippen molar-refractivity contribution in [3.8, 4) is 11.5 Å². The van der Waals surface area contributed by atoms with Crippen molar-refractivity contribution in [2.24, 2.45) is 17.8 Å². The molecule has 0 spiro atoms. The van der Waals surface area contributed by atoms with Crippen LogP contribution in [0.4, 0.5) is 17.1 Å². The molecule has 5 fully saturated rings. The summed E-state index contributed by atoms with van der Waals surface area (Å²) in [6.45, 7) is 4.69. The quantitative estimate of drug-likeness (QED) is 0.0719. The van der Waals surface area contributed by atoms with Crippen molar-refractivity contribution in [1.82, 2.24) is 19.6 Å². The normalized spacial score (nSPS) is 22.5. The number of amides is 1. The number of piperidine rings is 1. The number of aromatic amines is 1. The number of rotatable bonds is 14.